The number of hydrogen-bond acceptors (Lipinski definition) is 1. The molecule has 0 heterocycles. The Bertz CT molecular complexity index is 561. The van der Waals surface area contributed by atoms with Gasteiger partial charge < -0.3 is 5.32 Å². The van der Waals surface area contributed by atoms with Gasteiger partial charge >= 0.3 is 6.18 Å². The van der Waals surface area contributed by atoms with Crippen molar-refractivity contribution in [2.24, 2.45) is 0 Å². The molecule has 100 valence electrons. The molecule has 0 saturated heterocycles. The maximum atomic E-state index is 12.6. The van der Waals surface area contributed by atoms with E-state index in [4.69, 9.17) is 0 Å². The highest BCUT2D eigenvalue weighted by molar-refractivity contribution is 5.47. The smallest absolute Gasteiger partial charge is 0.381 e. The SMILES string of the molecule is Cc1ccccc1CNc1cccc(C(F)(F)F)c1. The van der Waals surface area contributed by atoms with Crippen molar-refractivity contribution < 1.29 is 13.2 Å². The second-order valence-corrected chi connectivity index (χ2v) is 4.36. The standard InChI is InChI=1S/C15H14F3N/c1-11-5-2-3-6-12(11)10-19-14-8-4-7-13(9-14)15(16,17)18/h2-9,19H,10H2,1H3. The predicted molar refractivity (Wildman–Crippen MR) is 69.9 cm³/mol. The van der Waals surface area contributed by atoms with Crippen LogP contribution >= 0.6 is 0 Å². The highest BCUT2D eigenvalue weighted by Crippen LogP contribution is 2.30. The molecule has 0 aliphatic rings. The van der Waals surface area contributed by atoms with Crippen molar-refractivity contribution in [1.82, 2.24) is 0 Å². The normalized spacial score (nSPS) is 11.4. The van der Waals surface area contributed by atoms with Crippen LogP contribution in [0.3, 0.4) is 0 Å². The maximum absolute atomic E-state index is 12.6. The first-order chi connectivity index (χ1) is 8.97. The van der Waals surface area contributed by atoms with Crippen LogP contribution in [0.1, 0.15) is 16.7 Å². The van der Waals surface area contributed by atoms with Gasteiger partial charge in [-0.15, -0.1) is 0 Å². The second-order valence-electron chi connectivity index (χ2n) is 4.36. The Hall–Kier alpha value is -1.97. The number of alkyl halides is 3. The summed E-state index contributed by atoms with van der Waals surface area (Å²) in [6.07, 6.45) is -4.31. The molecule has 0 atom stereocenters. The summed E-state index contributed by atoms with van der Waals surface area (Å²) in [7, 11) is 0. The summed E-state index contributed by atoms with van der Waals surface area (Å²) >= 11 is 0. The van der Waals surface area contributed by atoms with Gasteiger partial charge in [0, 0.05) is 12.2 Å². The maximum Gasteiger partial charge on any atom is 0.416 e. The first-order valence-corrected chi connectivity index (χ1v) is 5.92. The first kappa shape index (κ1) is 13.5. The van der Waals surface area contributed by atoms with E-state index in [0.29, 0.717) is 12.2 Å². The highest BCUT2D eigenvalue weighted by atomic mass is 19.4. The van der Waals surface area contributed by atoms with E-state index < -0.39 is 11.7 Å². The molecule has 1 N–H and O–H groups in total. The van der Waals surface area contributed by atoms with E-state index in [2.05, 4.69) is 5.32 Å². The molecule has 1 nitrogen and oxygen atoms in total. The average molecular weight is 265 g/mol. The Kier molecular flexibility index (Phi) is 3.79. The fourth-order valence-corrected chi connectivity index (χ4v) is 1.81. The zero-order valence-corrected chi connectivity index (χ0v) is 10.5. The van der Waals surface area contributed by atoms with Crippen LogP contribution in [0.2, 0.25) is 0 Å². The molecule has 2 rings (SSSR count). The molecular formula is C15H14F3N. The Balaban J connectivity index is 2.10. The van der Waals surface area contributed by atoms with Crippen LogP contribution in [0.4, 0.5) is 18.9 Å². The van der Waals surface area contributed by atoms with Crippen LogP contribution in [0.15, 0.2) is 48.5 Å². The predicted octanol–water partition coefficient (Wildman–Crippen LogP) is 4.63. The second kappa shape index (κ2) is 5.34. The Morgan fingerprint density at radius 1 is 1.00 bits per heavy atom. The van der Waals surface area contributed by atoms with E-state index in [1.807, 2.05) is 31.2 Å². The molecule has 0 amide bonds. The first-order valence-electron chi connectivity index (χ1n) is 5.92. The van der Waals surface area contributed by atoms with E-state index in [-0.39, 0.29) is 0 Å². The van der Waals surface area contributed by atoms with Gasteiger partial charge in [0.1, 0.15) is 0 Å². The molecule has 0 fully saturated rings. The van der Waals surface area contributed by atoms with E-state index in [1.54, 1.807) is 6.07 Å². The molecule has 4 heteroatoms. The van der Waals surface area contributed by atoms with Gasteiger partial charge in [-0.1, -0.05) is 30.3 Å². The number of halogens is 3. The lowest BCUT2D eigenvalue weighted by Crippen LogP contribution is -2.06. The van der Waals surface area contributed by atoms with Crippen LogP contribution in [0.25, 0.3) is 0 Å². The van der Waals surface area contributed by atoms with Crippen molar-refractivity contribution in [3.05, 3.63) is 65.2 Å². The minimum atomic E-state index is -4.31. The van der Waals surface area contributed by atoms with Crippen molar-refractivity contribution in [1.29, 1.82) is 0 Å². The molecule has 0 aromatic heterocycles. The van der Waals surface area contributed by atoms with Crippen molar-refractivity contribution in [2.45, 2.75) is 19.6 Å². The third kappa shape index (κ3) is 3.50. The fraction of sp³-hybridized carbons (Fsp3) is 0.200. The van der Waals surface area contributed by atoms with Gasteiger partial charge in [-0.05, 0) is 36.2 Å². The Morgan fingerprint density at radius 3 is 2.42 bits per heavy atom. The molecule has 0 saturated carbocycles. The molecule has 2 aromatic rings. The van der Waals surface area contributed by atoms with Gasteiger partial charge in [0.25, 0.3) is 0 Å². The van der Waals surface area contributed by atoms with Gasteiger partial charge in [0.05, 0.1) is 5.56 Å². The molecule has 2 aromatic carbocycles. The van der Waals surface area contributed by atoms with Gasteiger partial charge in [-0.3, -0.25) is 0 Å². The molecule has 0 radical (unpaired) electrons. The van der Waals surface area contributed by atoms with E-state index >= 15 is 0 Å². The van der Waals surface area contributed by atoms with Crippen molar-refractivity contribution >= 4 is 5.69 Å². The lowest BCUT2D eigenvalue weighted by molar-refractivity contribution is -0.137. The van der Waals surface area contributed by atoms with Gasteiger partial charge in [0.2, 0.25) is 0 Å². The lowest BCUT2D eigenvalue weighted by atomic mass is 10.1. The van der Waals surface area contributed by atoms with E-state index in [9.17, 15) is 13.2 Å². The molecule has 0 unspecified atom stereocenters. The minimum absolute atomic E-state index is 0.470. The van der Waals surface area contributed by atoms with Gasteiger partial charge in [0.15, 0.2) is 0 Å². The summed E-state index contributed by atoms with van der Waals surface area (Å²) in [5.41, 5.74) is 2.02. The third-order valence-electron chi connectivity index (χ3n) is 2.93. The largest absolute Gasteiger partial charge is 0.416 e. The average Bonchev–Trinajstić information content (AvgIpc) is 2.37. The quantitative estimate of drug-likeness (QED) is 0.853. The van der Waals surface area contributed by atoms with Crippen LogP contribution in [0.5, 0.6) is 0 Å². The molecule has 0 aliphatic heterocycles. The summed E-state index contributed by atoms with van der Waals surface area (Å²) in [6, 6.07) is 13.0. The summed E-state index contributed by atoms with van der Waals surface area (Å²) in [5, 5.41) is 3.01. The number of benzene rings is 2. The molecule has 0 spiro atoms. The zero-order chi connectivity index (χ0) is 13.9. The van der Waals surface area contributed by atoms with Crippen LogP contribution < -0.4 is 5.32 Å². The van der Waals surface area contributed by atoms with Crippen LogP contribution in [-0.4, -0.2) is 0 Å². The van der Waals surface area contributed by atoms with Crippen LogP contribution in [0, 0.1) is 6.92 Å². The minimum Gasteiger partial charge on any atom is -0.381 e. The number of rotatable bonds is 3. The van der Waals surface area contributed by atoms with Gasteiger partial charge in [-0.2, -0.15) is 13.2 Å². The van der Waals surface area contributed by atoms with Crippen molar-refractivity contribution in [2.75, 3.05) is 5.32 Å². The van der Waals surface area contributed by atoms with Gasteiger partial charge in [-0.25, -0.2) is 0 Å². The highest BCUT2D eigenvalue weighted by Gasteiger charge is 2.30. The van der Waals surface area contributed by atoms with Crippen LogP contribution in [-0.2, 0) is 12.7 Å². The topological polar surface area (TPSA) is 12.0 Å². The van der Waals surface area contributed by atoms with E-state index in [1.165, 1.54) is 6.07 Å². The van der Waals surface area contributed by atoms with Crippen molar-refractivity contribution in [3.8, 4) is 0 Å². The number of hydrogen-bond donors (Lipinski definition) is 1. The summed E-state index contributed by atoms with van der Waals surface area (Å²) < 4.78 is 37.7. The summed E-state index contributed by atoms with van der Waals surface area (Å²) in [4.78, 5) is 0. The molecular weight excluding hydrogens is 251 g/mol. The lowest BCUT2D eigenvalue weighted by Gasteiger charge is -2.11. The monoisotopic (exact) mass is 265 g/mol. The number of nitrogens with one attached hydrogen (secondary N) is 1. The summed E-state index contributed by atoms with van der Waals surface area (Å²) in [5.74, 6) is 0. The zero-order valence-electron chi connectivity index (χ0n) is 10.5. The van der Waals surface area contributed by atoms with E-state index in [0.717, 1.165) is 23.3 Å². The Labute approximate surface area is 110 Å². The van der Waals surface area contributed by atoms with Crippen molar-refractivity contribution in [3.63, 3.8) is 0 Å². The third-order valence-corrected chi connectivity index (χ3v) is 2.93. The molecule has 0 bridgehead atoms. The number of aryl methyl sites for hydroxylation is 1. The fourth-order valence-electron chi connectivity index (χ4n) is 1.81. The Morgan fingerprint density at radius 2 is 1.74 bits per heavy atom. The molecule has 19 heavy (non-hydrogen) atoms. The summed E-state index contributed by atoms with van der Waals surface area (Å²) in [6.45, 7) is 2.48. The molecule has 0 aliphatic carbocycles. The number of anilines is 1.